The molecule has 0 amide bonds. The van der Waals surface area contributed by atoms with Crippen LogP contribution in [-0.2, 0) is 0 Å². The first-order chi connectivity index (χ1) is 2.00. The van der Waals surface area contributed by atoms with Crippen molar-refractivity contribution in [2.24, 2.45) is 0 Å². The van der Waals surface area contributed by atoms with Crippen molar-refractivity contribution in [3.63, 3.8) is 0 Å². The van der Waals surface area contributed by atoms with Crippen LogP contribution in [0.4, 0.5) is 0 Å². The molecule has 0 unspecified atom stereocenters. The summed E-state index contributed by atoms with van der Waals surface area (Å²) < 4.78 is 0. The second-order valence-corrected chi connectivity index (χ2v) is 0. The summed E-state index contributed by atoms with van der Waals surface area (Å²) >= 11 is 0. The quantitative estimate of drug-likeness (QED) is 0.314. The van der Waals surface area contributed by atoms with Crippen LogP contribution in [0.5, 0.6) is 0 Å². The molecule has 0 nitrogen and oxygen atoms in total. The van der Waals surface area contributed by atoms with E-state index in [4.69, 9.17) is 0 Å². The zero-order valence-electron chi connectivity index (χ0n) is 2.83. The number of hydrogen-bond donors (Lipinski definition) is 0. The first-order valence-electron chi connectivity index (χ1n) is 1.000. The third kappa shape index (κ3) is 53.2. The molecule has 0 aromatic rings. The van der Waals surface area contributed by atoms with E-state index < -0.39 is 0 Å². The Morgan fingerprint density at radius 1 is 0.500 bits per heavy atom. The minimum atomic E-state index is 0. The van der Waals surface area contributed by atoms with Crippen molar-refractivity contribution in [3.8, 4) is 0 Å². The van der Waals surface area contributed by atoms with E-state index in [1.807, 2.05) is 0 Å². The molecule has 0 bridgehead atoms. The molecule has 0 atom stereocenters. The van der Waals surface area contributed by atoms with E-state index >= 15 is 0 Å². The number of hydrogen-bond acceptors (Lipinski definition) is 0. The van der Waals surface area contributed by atoms with E-state index in [1.165, 1.54) is 0 Å². The van der Waals surface area contributed by atoms with Crippen molar-refractivity contribution in [1.29, 1.82) is 0 Å². The predicted octanol–water partition coefficient (Wildman–Crippen LogP) is -1.26. The van der Waals surface area contributed by atoms with Gasteiger partial charge in [0.15, 0.2) is 0 Å². The minimum absolute atomic E-state index is 0. The van der Waals surface area contributed by atoms with Crippen molar-refractivity contribution in [2.75, 3.05) is 0 Å². The van der Waals surface area contributed by atoms with Gasteiger partial charge < -0.3 is 0 Å². The van der Waals surface area contributed by atoms with Crippen molar-refractivity contribution < 1.29 is 0 Å². The first-order valence-corrected chi connectivity index (χ1v) is 1.000. The number of rotatable bonds is 0. The zero-order valence-corrected chi connectivity index (χ0v) is 2.83. The summed E-state index contributed by atoms with van der Waals surface area (Å²) in [6.07, 6.45) is 0. The molecule has 34 valence electrons. The first kappa shape index (κ1) is 41.1. The van der Waals surface area contributed by atoms with Gasteiger partial charge >= 0.3 is 126 Å². The second kappa shape index (κ2) is 72.8. The van der Waals surface area contributed by atoms with Crippen LogP contribution in [0.2, 0.25) is 0 Å². The zero-order chi connectivity index (χ0) is 4.00. The Morgan fingerprint density at radius 2 is 0.500 bits per heavy atom. The average Bonchev–Trinajstić information content (AvgIpc) is 1.50. The summed E-state index contributed by atoms with van der Waals surface area (Å²) in [6.45, 7) is 12.0. The molecule has 0 aliphatic heterocycles. The van der Waals surface area contributed by atoms with Gasteiger partial charge in [0.2, 0.25) is 0 Å². The summed E-state index contributed by atoms with van der Waals surface area (Å²) in [7, 11) is 0. The molecule has 8 heavy (non-hydrogen) atoms. The maximum absolute atomic E-state index is 3.00. The van der Waals surface area contributed by atoms with Gasteiger partial charge in [-0.1, -0.05) is 0 Å². The Bertz CT molecular complexity index is 13.2. The Morgan fingerprint density at radius 3 is 0.500 bits per heavy atom. The van der Waals surface area contributed by atoms with Crippen molar-refractivity contribution in [1.82, 2.24) is 0 Å². The third-order valence-electron chi connectivity index (χ3n) is 0. The van der Waals surface area contributed by atoms with Gasteiger partial charge in [0.1, 0.15) is 0 Å². The summed E-state index contributed by atoms with van der Waals surface area (Å²) in [5.41, 5.74) is 0. The van der Waals surface area contributed by atoms with E-state index in [-0.39, 0.29) is 126 Å². The summed E-state index contributed by atoms with van der Waals surface area (Å²) in [5.74, 6) is 0. The van der Waals surface area contributed by atoms with Crippen molar-refractivity contribution in [2.45, 2.75) is 0 Å². The summed E-state index contributed by atoms with van der Waals surface area (Å²) in [4.78, 5) is 0. The van der Waals surface area contributed by atoms with Gasteiger partial charge in [0.25, 0.3) is 0 Å². The molecule has 0 saturated heterocycles. The van der Waals surface area contributed by atoms with Gasteiger partial charge in [-0.05, 0) is 0 Å². The molecule has 0 fully saturated rings. The SMILES string of the molecule is C=C.C=C.[CaH2].[NaH].[NaH].[NaH]. The van der Waals surface area contributed by atoms with Crippen LogP contribution in [0, 0.1) is 0 Å². The van der Waals surface area contributed by atoms with E-state index in [0.29, 0.717) is 0 Å². The van der Waals surface area contributed by atoms with Gasteiger partial charge in [-0.25, -0.2) is 0 Å². The summed E-state index contributed by atoms with van der Waals surface area (Å²) in [6, 6.07) is 0. The van der Waals surface area contributed by atoms with E-state index in [9.17, 15) is 0 Å². The Balaban J connectivity index is -0.00000000167. The molecule has 0 rings (SSSR count). The standard InChI is InChI=1S/2C2H4.Ca.3Na.5H/c2*1-2;;;;;;;;;/h2*1-2H2;;;;;;;;;. The topological polar surface area (TPSA) is 0 Å². The summed E-state index contributed by atoms with van der Waals surface area (Å²) in [5, 5.41) is 0. The van der Waals surface area contributed by atoms with Crippen LogP contribution in [0.3, 0.4) is 0 Å². The normalized spacial score (nSPS) is 1.00. The van der Waals surface area contributed by atoms with Crippen LogP contribution in [0.15, 0.2) is 26.3 Å². The van der Waals surface area contributed by atoms with Crippen LogP contribution in [-0.4, -0.2) is 126 Å². The molecule has 0 heterocycles. The molecule has 0 N–H and O–H groups in total. The van der Waals surface area contributed by atoms with E-state index in [0.717, 1.165) is 0 Å². The molecule has 0 aromatic heterocycles. The molecule has 0 aliphatic carbocycles. The fourth-order valence-corrected chi connectivity index (χ4v) is 0. The van der Waals surface area contributed by atoms with Crippen LogP contribution in [0.25, 0.3) is 0 Å². The van der Waals surface area contributed by atoms with E-state index in [2.05, 4.69) is 26.3 Å². The van der Waals surface area contributed by atoms with Gasteiger partial charge in [-0.15, -0.1) is 26.3 Å². The maximum atomic E-state index is 3.00. The molecule has 0 aliphatic rings. The third-order valence-corrected chi connectivity index (χ3v) is 0. The van der Waals surface area contributed by atoms with E-state index in [1.54, 1.807) is 0 Å². The molecular weight excluding hydrogens is 157 g/mol. The van der Waals surface area contributed by atoms with Crippen molar-refractivity contribution >= 4 is 126 Å². The molecule has 0 saturated carbocycles. The molecular formula is C4H13CaNa3. The van der Waals surface area contributed by atoms with Crippen LogP contribution >= 0.6 is 0 Å². The van der Waals surface area contributed by atoms with Gasteiger partial charge in [-0.2, -0.15) is 0 Å². The Labute approximate surface area is 149 Å². The second-order valence-electron chi connectivity index (χ2n) is 0. The Hall–Kier alpha value is 3.74. The Kier molecular flexibility index (Phi) is 374. The van der Waals surface area contributed by atoms with Gasteiger partial charge in [-0.3, -0.25) is 0 Å². The fraction of sp³-hybridized carbons (Fsp3) is 0. The fourth-order valence-electron chi connectivity index (χ4n) is 0. The molecule has 0 spiro atoms. The monoisotopic (exact) mass is 170 g/mol. The average molecular weight is 170 g/mol. The molecule has 0 aromatic carbocycles. The van der Waals surface area contributed by atoms with Crippen LogP contribution < -0.4 is 0 Å². The van der Waals surface area contributed by atoms with Crippen molar-refractivity contribution in [3.05, 3.63) is 26.3 Å². The molecule has 0 radical (unpaired) electrons. The van der Waals surface area contributed by atoms with Gasteiger partial charge in [0.05, 0.1) is 0 Å². The molecule has 4 heteroatoms. The van der Waals surface area contributed by atoms with Gasteiger partial charge in [0, 0.05) is 0 Å². The predicted molar refractivity (Wildman–Crippen MR) is 52.5 cm³/mol. The van der Waals surface area contributed by atoms with Crippen LogP contribution in [0.1, 0.15) is 0 Å².